The first-order valence-electron chi connectivity index (χ1n) is 7.15. The van der Waals surface area contributed by atoms with E-state index < -0.39 is 11.5 Å². The number of nitrogens with zero attached hydrogens (tertiary/aromatic N) is 1. The number of hydrogen-bond donors (Lipinski definition) is 2. The zero-order valence-corrected chi connectivity index (χ0v) is 11.7. The van der Waals surface area contributed by atoms with Gasteiger partial charge in [-0.25, -0.2) is 0 Å². The van der Waals surface area contributed by atoms with Crippen LogP contribution in [0.1, 0.15) is 25.7 Å². The molecule has 0 saturated heterocycles. The van der Waals surface area contributed by atoms with E-state index in [-0.39, 0.29) is 18.9 Å². The van der Waals surface area contributed by atoms with Crippen LogP contribution >= 0.6 is 0 Å². The summed E-state index contributed by atoms with van der Waals surface area (Å²) in [6.45, 7) is 0.217. The average Bonchev–Trinajstić information content (AvgIpc) is 2.79. The molecular formula is C16H18N2O3. The van der Waals surface area contributed by atoms with Gasteiger partial charge in [0.05, 0.1) is 12.0 Å². The fraction of sp³-hybridized carbons (Fsp3) is 0.375. The van der Waals surface area contributed by atoms with Gasteiger partial charge in [-0.1, -0.05) is 18.2 Å². The molecule has 0 atom stereocenters. The molecule has 5 nitrogen and oxygen atoms in total. The molecule has 0 unspecified atom stereocenters. The van der Waals surface area contributed by atoms with Crippen LogP contribution in [0, 0.1) is 0 Å². The molecule has 1 aromatic carbocycles. The number of benzene rings is 1. The molecule has 0 radical (unpaired) electrons. The van der Waals surface area contributed by atoms with Crippen LogP contribution in [0.5, 0.6) is 0 Å². The molecule has 2 aromatic rings. The number of amides is 1. The molecule has 1 amide bonds. The van der Waals surface area contributed by atoms with Crippen LogP contribution in [0.3, 0.4) is 0 Å². The molecule has 3 rings (SSSR count). The van der Waals surface area contributed by atoms with E-state index >= 15 is 0 Å². The van der Waals surface area contributed by atoms with Gasteiger partial charge in [-0.15, -0.1) is 0 Å². The minimum absolute atomic E-state index is 0.00513. The van der Waals surface area contributed by atoms with Gasteiger partial charge in [0.2, 0.25) is 5.91 Å². The Morgan fingerprint density at radius 3 is 2.67 bits per heavy atom. The topological polar surface area (TPSA) is 71.3 Å². The summed E-state index contributed by atoms with van der Waals surface area (Å²) in [6.07, 6.45) is 4.36. The van der Waals surface area contributed by atoms with Gasteiger partial charge in [0.15, 0.2) is 0 Å². The summed E-state index contributed by atoms with van der Waals surface area (Å²) in [4.78, 5) is 23.1. The number of rotatable bonds is 5. The minimum Gasteiger partial charge on any atom is -0.481 e. The van der Waals surface area contributed by atoms with Crippen molar-refractivity contribution in [2.75, 3.05) is 0 Å². The Labute approximate surface area is 122 Å². The second-order valence-electron chi connectivity index (χ2n) is 5.76. The molecule has 1 heterocycles. The molecule has 1 fully saturated rings. The highest BCUT2D eigenvalue weighted by Gasteiger charge is 2.40. The molecule has 1 aliphatic carbocycles. The Hall–Kier alpha value is -2.30. The van der Waals surface area contributed by atoms with Crippen LogP contribution in [0.25, 0.3) is 10.9 Å². The van der Waals surface area contributed by atoms with Gasteiger partial charge < -0.3 is 15.0 Å². The fourth-order valence-corrected chi connectivity index (χ4v) is 3.01. The number of fused-ring (bicyclic) bond motifs is 1. The molecule has 0 spiro atoms. The molecule has 1 aromatic heterocycles. The number of carbonyl (C=O) groups excluding carboxylic acids is 1. The lowest BCUT2D eigenvalue weighted by Gasteiger charge is -2.41. The second-order valence-corrected chi connectivity index (χ2v) is 5.76. The van der Waals surface area contributed by atoms with Gasteiger partial charge in [-0.05, 0) is 36.8 Å². The fourth-order valence-electron chi connectivity index (χ4n) is 3.01. The Morgan fingerprint density at radius 1 is 1.24 bits per heavy atom. The molecule has 2 N–H and O–H groups in total. The number of carbonyl (C=O) groups is 2. The Kier molecular flexibility index (Phi) is 3.41. The number of hydrogen-bond acceptors (Lipinski definition) is 2. The average molecular weight is 286 g/mol. The molecule has 5 heteroatoms. The smallest absolute Gasteiger partial charge is 0.305 e. The number of carboxylic acids is 1. The van der Waals surface area contributed by atoms with E-state index in [1.807, 2.05) is 41.1 Å². The Bertz CT molecular complexity index is 686. The summed E-state index contributed by atoms with van der Waals surface area (Å²) in [5.41, 5.74) is 0.472. The summed E-state index contributed by atoms with van der Waals surface area (Å²) in [6, 6.07) is 9.84. The maximum atomic E-state index is 12.2. The number of aliphatic carboxylic acids is 1. The monoisotopic (exact) mass is 286 g/mol. The van der Waals surface area contributed by atoms with Crippen LogP contribution < -0.4 is 5.32 Å². The van der Waals surface area contributed by atoms with Gasteiger partial charge in [0.25, 0.3) is 0 Å². The summed E-state index contributed by atoms with van der Waals surface area (Å²) < 4.78 is 1.89. The molecule has 1 saturated carbocycles. The van der Waals surface area contributed by atoms with Crippen LogP contribution in [-0.2, 0) is 16.1 Å². The molecule has 21 heavy (non-hydrogen) atoms. The van der Waals surface area contributed by atoms with E-state index in [1.54, 1.807) is 0 Å². The highest BCUT2D eigenvalue weighted by Crippen LogP contribution is 2.34. The van der Waals surface area contributed by atoms with Crippen LogP contribution in [0.15, 0.2) is 36.5 Å². The van der Waals surface area contributed by atoms with Crippen LogP contribution in [0.2, 0.25) is 0 Å². The first-order valence-corrected chi connectivity index (χ1v) is 7.15. The van der Waals surface area contributed by atoms with Crippen molar-refractivity contribution in [1.29, 1.82) is 0 Å². The third-order valence-electron chi connectivity index (χ3n) is 4.20. The van der Waals surface area contributed by atoms with Crippen LogP contribution in [-0.4, -0.2) is 27.1 Å². The summed E-state index contributed by atoms with van der Waals surface area (Å²) in [5.74, 6) is -0.987. The summed E-state index contributed by atoms with van der Waals surface area (Å²) in [5, 5.41) is 13.0. The van der Waals surface area contributed by atoms with Crippen LogP contribution in [0.4, 0.5) is 0 Å². The van der Waals surface area contributed by atoms with Gasteiger partial charge >= 0.3 is 5.97 Å². The predicted molar refractivity (Wildman–Crippen MR) is 78.9 cm³/mol. The highest BCUT2D eigenvalue weighted by molar-refractivity contribution is 5.84. The summed E-state index contributed by atoms with van der Waals surface area (Å²) in [7, 11) is 0. The van der Waals surface area contributed by atoms with Crippen molar-refractivity contribution in [2.45, 2.75) is 37.8 Å². The van der Waals surface area contributed by atoms with E-state index in [0.717, 1.165) is 30.2 Å². The van der Waals surface area contributed by atoms with E-state index in [4.69, 9.17) is 5.11 Å². The Morgan fingerprint density at radius 2 is 2.00 bits per heavy atom. The lowest BCUT2D eigenvalue weighted by molar-refractivity contribution is -0.140. The zero-order valence-electron chi connectivity index (χ0n) is 11.7. The number of para-hydroxylation sites is 1. The maximum absolute atomic E-state index is 12.2. The molecule has 110 valence electrons. The second kappa shape index (κ2) is 5.24. The van der Waals surface area contributed by atoms with Crippen molar-refractivity contribution >= 4 is 22.8 Å². The molecule has 0 aliphatic heterocycles. The predicted octanol–water partition coefficient (Wildman–Crippen LogP) is 2.15. The molecular weight excluding hydrogens is 268 g/mol. The van der Waals surface area contributed by atoms with Crippen molar-refractivity contribution in [3.05, 3.63) is 36.5 Å². The Balaban J connectivity index is 1.70. The number of carboxylic acid groups (broad SMARTS) is 1. The zero-order chi connectivity index (χ0) is 14.9. The number of aromatic nitrogens is 1. The van der Waals surface area contributed by atoms with E-state index in [2.05, 4.69) is 5.32 Å². The van der Waals surface area contributed by atoms with Crippen molar-refractivity contribution in [1.82, 2.24) is 9.88 Å². The minimum atomic E-state index is -0.860. The number of nitrogens with one attached hydrogen (secondary N) is 1. The highest BCUT2D eigenvalue weighted by atomic mass is 16.4. The first-order chi connectivity index (χ1) is 10.1. The third kappa shape index (κ3) is 2.77. The normalized spacial score (nSPS) is 16.4. The summed E-state index contributed by atoms with van der Waals surface area (Å²) >= 11 is 0. The van der Waals surface area contributed by atoms with Gasteiger partial charge in [0, 0.05) is 11.7 Å². The first kappa shape index (κ1) is 13.7. The van der Waals surface area contributed by atoms with Crippen molar-refractivity contribution in [3.63, 3.8) is 0 Å². The third-order valence-corrected chi connectivity index (χ3v) is 4.20. The molecule has 0 bridgehead atoms. The lowest BCUT2D eigenvalue weighted by atomic mass is 9.74. The lowest BCUT2D eigenvalue weighted by Crippen LogP contribution is -2.55. The van der Waals surface area contributed by atoms with Crippen molar-refractivity contribution in [3.8, 4) is 0 Å². The largest absolute Gasteiger partial charge is 0.481 e. The molecule has 1 aliphatic rings. The van der Waals surface area contributed by atoms with E-state index in [9.17, 15) is 9.59 Å². The maximum Gasteiger partial charge on any atom is 0.305 e. The van der Waals surface area contributed by atoms with Gasteiger partial charge in [0.1, 0.15) is 6.54 Å². The van der Waals surface area contributed by atoms with Gasteiger partial charge in [-0.2, -0.15) is 0 Å². The quantitative estimate of drug-likeness (QED) is 0.884. The van der Waals surface area contributed by atoms with Crippen molar-refractivity contribution < 1.29 is 14.7 Å². The SMILES string of the molecule is O=C(O)CC1(NC(=O)Cn2ccc3ccccc32)CCC1. The van der Waals surface area contributed by atoms with Gasteiger partial charge in [-0.3, -0.25) is 9.59 Å². The van der Waals surface area contributed by atoms with E-state index in [1.165, 1.54) is 0 Å². The standard InChI is InChI=1S/C16H18N2O3/c19-14(17-16(7-3-8-16)10-15(20)21)11-18-9-6-12-4-1-2-5-13(12)18/h1-2,4-6,9H,3,7-8,10-11H2,(H,17,19)(H,20,21). The van der Waals surface area contributed by atoms with E-state index in [0.29, 0.717) is 0 Å². The van der Waals surface area contributed by atoms with Crippen molar-refractivity contribution in [2.24, 2.45) is 0 Å².